The normalized spacial score (nSPS) is 26.2. The molecule has 7 heteroatoms. The van der Waals surface area contributed by atoms with E-state index in [1.54, 1.807) is 0 Å². The van der Waals surface area contributed by atoms with Crippen molar-refractivity contribution in [2.75, 3.05) is 6.54 Å². The zero-order valence-corrected chi connectivity index (χ0v) is 18.0. The molecule has 6 rings (SSSR count). The molecule has 7 nitrogen and oxygen atoms in total. The van der Waals surface area contributed by atoms with E-state index in [-0.39, 0.29) is 47.9 Å². The molecule has 0 unspecified atom stereocenters. The average molecular weight is 441 g/mol. The molecule has 3 aromatic rings. The molecule has 1 aliphatic heterocycles. The first-order valence-electron chi connectivity index (χ1n) is 11.4. The Balaban J connectivity index is 1.22. The highest BCUT2D eigenvalue weighted by Crippen LogP contribution is 2.52. The number of imide groups is 1. The Kier molecular flexibility index (Phi) is 4.64. The number of aromatic nitrogens is 2. The number of benzene rings is 2. The van der Waals surface area contributed by atoms with Gasteiger partial charge in [-0.1, -0.05) is 54.6 Å². The fraction of sp³-hybridized carbons (Fsp3) is 0.308. The summed E-state index contributed by atoms with van der Waals surface area (Å²) in [7, 11) is 0. The van der Waals surface area contributed by atoms with Crippen LogP contribution in [-0.2, 0) is 20.8 Å². The van der Waals surface area contributed by atoms with Crippen LogP contribution in [-0.4, -0.2) is 39.1 Å². The van der Waals surface area contributed by atoms with Crippen LogP contribution in [0.3, 0.4) is 0 Å². The molecule has 0 spiro atoms. The Hall–Kier alpha value is -3.74. The Bertz CT molecular complexity index is 1220. The molecule has 166 valence electrons. The van der Waals surface area contributed by atoms with E-state index in [9.17, 15) is 14.4 Å². The highest BCUT2D eigenvalue weighted by Gasteiger charge is 2.59. The third kappa shape index (κ3) is 3.35. The van der Waals surface area contributed by atoms with Crippen molar-refractivity contribution in [1.82, 2.24) is 20.2 Å². The first kappa shape index (κ1) is 19.9. The van der Waals surface area contributed by atoms with E-state index >= 15 is 0 Å². The second-order valence-corrected chi connectivity index (χ2v) is 9.21. The van der Waals surface area contributed by atoms with Gasteiger partial charge in [-0.05, 0) is 42.4 Å². The van der Waals surface area contributed by atoms with Gasteiger partial charge in [0.2, 0.25) is 17.7 Å². The number of para-hydroxylation sites is 2. The summed E-state index contributed by atoms with van der Waals surface area (Å²) in [4.78, 5) is 48.1. The number of allylic oxidation sites excluding steroid dienone is 2. The standard InChI is InChI=1S/C26H24N4O3/c31-21(14-30-25(32)22-16-10-11-17(13-16)23(22)26(30)33)27-20(12-15-6-2-1-3-7-15)24-28-18-8-4-5-9-19(18)29-24/h1-11,16-17,20,22-23H,12-14H2,(H,27,31)(H,28,29)/t16-,17-,20+,22-,23+/m1/s1. The number of likely N-dealkylation sites (tertiary alicyclic amines) is 1. The number of rotatable bonds is 6. The number of carbonyl (C=O) groups is 3. The lowest BCUT2D eigenvalue weighted by Crippen LogP contribution is -2.43. The van der Waals surface area contributed by atoms with Gasteiger partial charge in [0.15, 0.2) is 0 Å². The lowest BCUT2D eigenvalue weighted by Gasteiger charge is -2.20. The molecule has 3 amide bonds. The van der Waals surface area contributed by atoms with Gasteiger partial charge >= 0.3 is 0 Å². The molecule has 1 aromatic heterocycles. The van der Waals surface area contributed by atoms with Gasteiger partial charge in [-0.2, -0.15) is 0 Å². The molecule has 3 aliphatic rings. The van der Waals surface area contributed by atoms with Crippen LogP contribution in [0.1, 0.15) is 23.9 Å². The molecule has 2 aliphatic carbocycles. The first-order chi connectivity index (χ1) is 16.1. The minimum Gasteiger partial charge on any atom is -0.344 e. The van der Waals surface area contributed by atoms with Crippen molar-refractivity contribution in [3.8, 4) is 0 Å². The number of carbonyl (C=O) groups excluding carboxylic acids is 3. The summed E-state index contributed by atoms with van der Waals surface area (Å²) in [5.74, 6) is -0.464. The average Bonchev–Trinajstić information content (AvgIpc) is 3.59. The number of amides is 3. The van der Waals surface area contributed by atoms with Crippen LogP contribution in [0.5, 0.6) is 0 Å². The smallest absolute Gasteiger partial charge is 0.240 e. The van der Waals surface area contributed by atoms with Crippen LogP contribution >= 0.6 is 0 Å². The minimum atomic E-state index is -0.419. The maximum Gasteiger partial charge on any atom is 0.240 e. The number of nitrogens with one attached hydrogen (secondary N) is 2. The van der Waals surface area contributed by atoms with Gasteiger partial charge in [0.05, 0.1) is 28.9 Å². The van der Waals surface area contributed by atoms with Crippen molar-refractivity contribution in [1.29, 1.82) is 0 Å². The van der Waals surface area contributed by atoms with Gasteiger partial charge in [-0.25, -0.2) is 4.98 Å². The number of H-pyrrole nitrogens is 1. The first-order valence-corrected chi connectivity index (χ1v) is 11.4. The zero-order chi connectivity index (χ0) is 22.5. The van der Waals surface area contributed by atoms with Crippen LogP contribution in [0.4, 0.5) is 0 Å². The molecule has 2 heterocycles. The SMILES string of the molecule is O=C(CN1C(=O)[C@@H]2[C@H](C1=O)[C@@H]1C=C[C@@H]2C1)N[C@@H](Cc1ccccc1)c1nc2ccccc2[nH]1. The number of nitrogens with zero attached hydrogens (tertiary/aromatic N) is 2. The summed E-state index contributed by atoms with van der Waals surface area (Å²) in [5.41, 5.74) is 2.76. The highest BCUT2D eigenvalue weighted by atomic mass is 16.2. The second-order valence-electron chi connectivity index (χ2n) is 9.21. The molecule has 33 heavy (non-hydrogen) atoms. The monoisotopic (exact) mass is 440 g/mol. The Morgan fingerprint density at radius 2 is 1.67 bits per heavy atom. The molecule has 0 radical (unpaired) electrons. The summed E-state index contributed by atoms with van der Waals surface area (Å²) < 4.78 is 0. The molecule has 1 saturated heterocycles. The fourth-order valence-corrected chi connectivity index (χ4v) is 5.71. The van der Waals surface area contributed by atoms with Crippen molar-refractivity contribution in [2.24, 2.45) is 23.7 Å². The summed E-state index contributed by atoms with van der Waals surface area (Å²) in [6.45, 7) is -0.254. The van der Waals surface area contributed by atoms with E-state index in [1.807, 2.05) is 54.6 Å². The van der Waals surface area contributed by atoms with E-state index in [4.69, 9.17) is 0 Å². The van der Waals surface area contributed by atoms with Crippen molar-refractivity contribution in [2.45, 2.75) is 18.9 Å². The Morgan fingerprint density at radius 1 is 1.00 bits per heavy atom. The van der Waals surface area contributed by atoms with E-state index in [1.165, 1.54) is 0 Å². The van der Waals surface area contributed by atoms with Crippen molar-refractivity contribution < 1.29 is 14.4 Å². The van der Waals surface area contributed by atoms with E-state index in [0.717, 1.165) is 27.9 Å². The lowest BCUT2D eigenvalue weighted by atomic mass is 9.85. The molecule has 2 aromatic carbocycles. The van der Waals surface area contributed by atoms with Crippen molar-refractivity contribution in [3.05, 3.63) is 78.1 Å². The molecular weight excluding hydrogens is 416 g/mol. The number of aromatic amines is 1. The van der Waals surface area contributed by atoms with E-state index < -0.39 is 6.04 Å². The van der Waals surface area contributed by atoms with Crippen molar-refractivity contribution in [3.63, 3.8) is 0 Å². The van der Waals surface area contributed by atoms with Crippen LogP contribution in [0.2, 0.25) is 0 Å². The van der Waals surface area contributed by atoms with Gasteiger partial charge in [0, 0.05) is 0 Å². The van der Waals surface area contributed by atoms with Gasteiger partial charge in [0.1, 0.15) is 12.4 Å². The fourth-order valence-electron chi connectivity index (χ4n) is 5.71. The quantitative estimate of drug-likeness (QED) is 0.455. The summed E-state index contributed by atoms with van der Waals surface area (Å²) in [6, 6.07) is 17.1. The largest absolute Gasteiger partial charge is 0.344 e. The number of hydrogen-bond donors (Lipinski definition) is 2. The van der Waals surface area contributed by atoms with Gasteiger partial charge < -0.3 is 10.3 Å². The van der Waals surface area contributed by atoms with Gasteiger partial charge in [-0.3, -0.25) is 19.3 Å². The lowest BCUT2D eigenvalue weighted by molar-refractivity contribution is -0.144. The van der Waals surface area contributed by atoms with Gasteiger partial charge in [-0.15, -0.1) is 0 Å². The van der Waals surface area contributed by atoms with Crippen LogP contribution in [0.25, 0.3) is 11.0 Å². The second kappa shape index (κ2) is 7.69. The zero-order valence-electron chi connectivity index (χ0n) is 18.0. The third-order valence-electron chi connectivity index (χ3n) is 7.22. The Morgan fingerprint density at radius 3 is 2.36 bits per heavy atom. The Labute approximate surface area is 190 Å². The van der Waals surface area contributed by atoms with Crippen LogP contribution in [0.15, 0.2) is 66.7 Å². The predicted octanol–water partition coefficient (Wildman–Crippen LogP) is 2.77. The summed E-state index contributed by atoms with van der Waals surface area (Å²) in [6.07, 6.45) is 5.52. The molecule has 2 bridgehead atoms. The minimum absolute atomic E-state index is 0.130. The van der Waals surface area contributed by atoms with Crippen molar-refractivity contribution >= 4 is 28.8 Å². The van der Waals surface area contributed by atoms with E-state index in [0.29, 0.717) is 12.2 Å². The predicted molar refractivity (Wildman–Crippen MR) is 122 cm³/mol. The molecule has 2 N–H and O–H groups in total. The maximum atomic E-state index is 13.1. The maximum absolute atomic E-state index is 13.1. The van der Waals surface area contributed by atoms with Gasteiger partial charge in [0.25, 0.3) is 0 Å². The summed E-state index contributed by atoms with van der Waals surface area (Å²) >= 11 is 0. The molecule has 5 atom stereocenters. The summed E-state index contributed by atoms with van der Waals surface area (Å²) in [5, 5.41) is 3.02. The third-order valence-corrected chi connectivity index (χ3v) is 7.22. The van der Waals surface area contributed by atoms with E-state index in [2.05, 4.69) is 27.4 Å². The number of hydrogen-bond acceptors (Lipinski definition) is 4. The molecule has 1 saturated carbocycles. The van der Waals surface area contributed by atoms with Crippen LogP contribution in [0, 0.1) is 23.7 Å². The molecular formula is C26H24N4O3. The topological polar surface area (TPSA) is 95.2 Å². The number of fused-ring (bicyclic) bond motifs is 6. The van der Waals surface area contributed by atoms with Crippen LogP contribution < -0.4 is 5.32 Å². The molecule has 2 fully saturated rings. The highest BCUT2D eigenvalue weighted by molar-refractivity contribution is 6.08. The number of imidazole rings is 1.